The lowest BCUT2D eigenvalue weighted by molar-refractivity contribution is 0.0970. The van der Waals surface area contributed by atoms with E-state index in [9.17, 15) is 9.59 Å². The first kappa shape index (κ1) is 41.1. The van der Waals surface area contributed by atoms with Crippen molar-refractivity contribution in [2.24, 2.45) is 35.5 Å². The predicted octanol–water partition coefficient (Wildman–Crippen LogP) is 12.9. The Labute approximate surface area is 290 Å². The zero-order valence-corrected chi connectivity index (χ0v) is 32.3. The highest BCUT2D eigenvalue weighted by atomic mass is 16.5. The van der Waals surface area contributed by atoms with Gasteiger partial charge in [0.25, 0.3) is 0 Å². The van der Waals surface area contributed by atoms with Crippen LogP contribution in [0.25, 0.3) is 0 Å². The van der Waals surface area contributed by atoms with E-state index >= 15 is 0 Å². The lowest BCUT2D eigenvalue weighted by Gasteiger charge is -2.22. The highest BCUT2D eigenvalue weighted by Gasteiger charge is 2.31. The van der Waals surface area contributed by atoms with E-state index in [0.717, 1.165) is 36.0 Å². The molecule has 5 unspecified atom stereocenters. The van der Waals surface area contributed by atoms with Crippen molar-refractivity contribution < 1.29 is 19.1 Å². The van der Waals surface area contributed by atoms with Gasteiger partial charge in [0.1, 0.15) is 0 Å². The maximum atomic E-state index is 13.4. The smallest absolute Gasteiger partial charge is 0.190 e. The summed E-state index contributed by atoms with van der Waals surface area (Å²) in [4.78, 5) is 26.5. The molecule has 4 nitrogen and oxygen atoms in total. The molecule has 1 aromatic carbocycles. The van der Waals surface area contributed by atoms with Gasteiger partial charge in [0.05, 0.1) is 14.2 Å². The molecule has 1 aromatic rings. The van der Waals surface area contributed by atoms with E-state index in [2.05, 4.69) is 48.5 Å². The van der Waals surface area contributed by atoms with Gasteiger partial charge in [-0.15, -0.1) is 0 Å². The third-order valence-electron chi connectivity index (χ3n) is 11.0. The van der Waals surface area contributed by atoms with Crippen molar-refractivity contribution in [3.8, 4) is 11.5 Å². The van der Waals surface area contributed by atoms with Crippen LogP contribution in [-0.4, -0.2) is 25.8 Å². The van der Waals surface area contributed by atoms with E-state index in [1.807, 2.05) is 0 Å². The lowest BCUT2D eigenvalue weighted by Crippen LogP contribution is -2.21. The fraction of sp³-hybridized carbons (Fsp3) is 0.767. The van der Waals surface area contributed by atoms with Crippen molar-refractivity contribution in [2.75, 3.05) is 14.2 Å². The summed E-state index contributed by atoms with van der Waals surface area (Å²) >= 11 is 0. The van der Waals surface area contributed by atoms with E-state index in [1.54, 1.807) is 26.2 Å². The fourth-order valence-corrected chi connectivity index (χ4v) is 7.47. The number of carbonyl (C=O) groups excluding carboxylic acids is 2. The van der Waals surface area contributed by atoms with Crippen LogP contribution >= 0.6 is 0 Å². The minimum Gasteiger partial charge on any atom is -0.493 e. The molecule has 0 N–H and O–H groups in total. The van der Waals surface area contributed by atoms with Crippen LogP contribution in [-0.2, 0) is 0 Å². The molecule has 2 rings (SSSR count). The summed E-state index contributed by atoms with van der Waals surface area (Å²) in [6.07, 6.45) is 21.9. The van der Waals surface area contributed by atoms with Crippen LogP contribution in [0.4, 0.5) is 0 Å². The maximum absolute atomic E-state index is 13.4. The topological polar surface area (TPSA) is 52.6 Å². The molecular formula is C43H72O4. The Kier molecular flexibility index (Phi) is 19.0. The van der Waals surface area contributed by atoms with E-state index in [0.29, 0.717) is 46.1 Å². The van der Waals surface area contributed by atoms with Gasteiger partial charge in [-0.2, -0.15) is 0 Å². The predicted molar refractivity (Wildman–Crippen MR) is 200 cm³/mol. The molecule has 0 aliphatic heterocycles. The molecule has 1 aliphatic carbocycles. The Morgan fingerprint density at radius 2 is 0.809 bits per heavy atom. The van der Waals surface area contributed by atoms with Crippen molar-refractivity contribution in [2.45, 2.75) is 165 Å². The third kappa shape index (κ3) is 14.5. The SMILES string of the molecule is COc1cc2c(cc1OC)C(=O)C(CCC(C)CCCC(C)CCCC(C)CCCC(C)CCCC(C)CCCC(C)C)=C(C)C2=O. The Morgan fingerprint density at radius 3 is 1.15 bits per heavy atom. The van der Waals surface area contributed by atoms with Crippen molar-refractivity contribution in [3.63, 3.8) is 0 Å². The van der Waals surface area contributed by atoms with Crippen molar-refractivity contribution in [1.82, 2.24) is 0 Å². The molecule has 1 aliphatic rings. The number of Topliss-reactive ketones (excluding diaryl/α,β-unsaturated/α-hetero) is 2. The second-order valence-corrected chi connectivity index (χ2v) is 16.1. The first-order valence-electron chi connectivity index (χ1n) is 19.4. The van der Waals surface area contributed by atoms with Gasteiger partial charge in [-0.25, -0.2) is 0 Å². The molecule has 0 heterocycles. The van der Waals surface area contributed by atoms with Crippen LogP contribution in [0.1, 0.15) is 185 Å². The number of benzene rings is 1. The summed E-state index contributed by atoms with van der Waals surface area (Å²) in [6.45, 7) is 18.6. The van der Waals surface area contributed by atoms with E-state index in [4.69, 9.17) is 9.47 Å². The zero-order valence-electron chi connectivity index (χ0n) is 32.3. The van der Waals surface area contributed by atoms with Crippen LogP contribution in [0, 0.1) is 35.5 Å². The van der Waals surface area contributed by atoms with Crippen LogP contribution < -0.4 is 9.47 Å². The second-order valence-electron chi connectivity index (χ2n) is 16.1. The Balaban J connectivity index is 1.58. The Bertz CT molecular complexity index is 1120. The van der Waals surface area contributed by atoms with Crippen molar-refractivity contribution in [3.05, 3.63) is 34.4 Å². The summed E-state index contributed by atoms with van der Waals surface area (Å²) in [5, 5.41) is 0. The molecular weight excluding hydrogens is 580 g/mol. The average molecular weight is 653 g/mol. The number of allylic oxidation sites excluding steroid dienone is 2. The summed E-state index contributed by atoms with van der Waals surface area (Å²) in [7, 11) is 3.09. The number of ether oxygens (including phenoxy) is 2. The summed E-state index contributed by atoms with van der Waals surface area (Å²) in [6, 6.07) is 3.30. The average Bonchev–Trinajstić information content (AvgIpc) is 3.02. The highest BCUT2D eigenvalue weighted by Crippen LogP contribution is 2.37. The van der Waals surface area contributed by atoms with Crippen LogP contribution in [0.15, 0.2) is 23.3 Å². The second kappa shape index (κ2) is 21.8. The third-order valence-corrected chi connectivity index (χ3v) is 11.0. The number of hydrogen-bond acceptors (Lipinski definition) is 4. The Hall–Kier alpha value is -2.10. The van der Waals surface area contributed by atoms with Crippen molar-refractivity contribution in [1.29, 1.82) is 0 Å². The number of rotatable bonds is 25. The molecule has 0 bridgehead atoms. The molecule has 47 heavy (non-hydrogen) atoms. The van der Waals surface area contributed by atoms with Gasteiger partial charge in [-0.1, -0.05) is 145 Å². The van der Waals surface area contributed by atoms with Gasteiger partial charge < -0.3 is 9.47 Å². The highest BCUT2D eigenvalue weighted by molar-refractivity contribution is 6.27. The minimum absolute atomic E-state index is 0.0458. The summed E-state index contributed by atoms with van der Waals surface area (Å²) in [5.41, 5.74) is 2.09. The van der Waals surface area contributed by atoms with Gasteiger partial charge in [0.2, 0.25) is 0 Å². The van der Waals surface area contributed by atoms with Crippen LogP contribution in [0.3, 0.4) is 0 Å². The minimum atomic E-state index is -0.0795. The number of ketones is 2. The maximum Gasteiger partial charge on any atom is 0.190 e. The van der Waals surface area contributed by atoms with Crippen LogP contribution in [0.2, 0.25) is 0 Å². The fourth-order valence-electron chi connectivity index (χ4n) is 7.47. The number of carbonyl (C=O) groups is 2. The van der Waals surface area contributed by atoms with E-state index < -0.39 is 0 Å². The normalized spacial score (nSPS) is 16.7. The molecule has 0 saturated carbocycles. The number of fused-ring (bicyclic) bond motifs is 1. The first-order chi connectivity index (χ1) is 22.4. The molecule has 0 radical (unpaired) electrons. The van der Waals surface area contributed by atoms with Gasteiger partial charge in [-0.3, -0.25) is 9.59 Å². The number of methoxy groups -OCH3 is 2. The summed E-state index contributed by atoms with van der Waals surface area (Å²) in [5.74, 6) is 5.59. The molecule has 5 atom stereocenters. The van der Waals surface area contributed by atoms with Gasteiger partial charge >= 0.3 is 0 Å². The Morgan fingerprint density at radius 1 is 0.489 bits per heavy atom. The monoisotopic (exact) mass is 653 g/mol. The van der Waals surface area contributed by atoms with E-state index in [1.165, 1.54) is 103 Å². The summed E-state index contributed by atoms with van der Waals surface area (Å²) < 4.78 is 10.7. The molecule has 0 spiro atoms. The zero-order chi connectivity index (χ0) is 34.9. The van der Waals surface area contributed by atoms with Crippen LogP contribution in [0.5, 0.6) is 11.5 Å². The number of hydrogen-bond donors (Lipinski definition) is 0. The molecule has 0 amide bonds. The quantitative estimate of drug-likeness (QED) is 0.105. The standard InChI is InChI=1S/C43H72O4/c1-30(2)16-11-17-31(3)18-12-19-32(4)20-13-21-33(5)22-14-23-34(6)24-15-25-35(7)26-27-37-36(8)42(44)38-28-40(46-9)41(47-10)29-39(38)43(37)45/h28-35H,11-27H2,1-10H3. The molecule has 0 fully saturated rings. The lowest BCUT2D eigenvalue weighted by atomic mass is 9.81. The first-order valence-corrected chi connectivity index (χ1v) is 19.4. The van der Waals surface area contributed by atoms with E-state index in [-0.39, 0.29) is 11.6 Å². The van der Waals surface area contributed by atoms with Crippen molar-refractivity contribution >= 4 is 11.6 Å². The van der Waals surface area contributed by atoms with Gasteiger partial charge in [0.15, 0.2) is 23.1 Å². The largest absolute Gasteiger partial charge is 0.493 e. The van der Waals surface area contributed by atoms with Gasteiger partial charge in [-0.05, 0) is 67.4 Å². The molecule has 0 saturated heterocycles. The molecule has 0 aromatic heterocycles. The molecule has 4 heteroatoms. The van der Waals surface area contributed by atoms with Gasteiger partial charge in [0, 0.05) is 22.3 Å². The molecule has 268 valence electrons.